The first kappa shape index (κ1) is 14.7. The molecule has 0 bridgehead atoms. The molecule has 3 heteroatoms. The van der Waals surface area contributed by atoms with E-state index in [9.17, 15) is 4.39 Å². The fourth-order valence-electron chi connectivity index (χ4n) is 2.12. The lowest BCUT2D eigenvalue weighted by Crippen LogP contribution is -2.32. The first-order valence-corrected chi connectivity index (χ1v) is 7.05. The predicted molar refractivity (Wildman–Crippen MR) is 74.5 cm³/mol. The summed E-state index contributed by atoms with van der Waals surface area (Å²) >= 11 is 3.29. The molecule has 0 aliphatic carbocycles. The Bertz CT molecular complexity index is 350. The van der Waals surface area contributed by atoms with Crippen LogP contribution in [0.1, 0.15) is 39.2 Å². The Morgan fingerprint density at radius 2 is 1.94 bits per heavy atom. The zero-order valence-electron chi connectivity index (χ0n) is 10.8. The van der Waals surface area contributed by atoms with Crippen LogP contribution in [0.5, 0.6) is 0 Å². The van der Waals surface area contributed by atoms with Gasteiger partial charge in [-0.15, -0.1) is 0 Å². The number of nitrogens with one attached hydrogen (secondary N) is 1. The van der Waals surface area contributed by atoms with Crippen LogP contribution >= 0.6 is 15.9 Å². The van der Waals surface area contributed by atoms with Crippen LogP contribution in [0.15, 0.2) is 22.7 Å². The van der Waals surface area contributed by atoms with Crippen LogP contribution in [-0.2, 0) is 6.54 Å². The molecule has 1 aromatic carbocycles. The van der Waals surface area contributed by atoms with Crippen molar-refractivity contribution in [2.45, 2.75) is 46.2 Å². The Labute approximate surface area is 112 Å². The third kappa shape index (κ3) is 4.07. The van der Waals surface area contributed by atoms with E-state index in [4.69, 9.17) is 0 Å². The zero-order valence-corrected chi connectivity index (χ0v) is 12.3. The summed E-state index contributed by atoms with van der Waals surface area (Å²) in [5.74, 6) is 0.488. The van der Waals surface area contributed by atoms with Gasteiger partial charge in [-0.05, 0) is 40.4 Å². The van der Waals surface area contributed by atoms with E-state index >= 15 is 0 Å². The molecule has 1 nitrogen and oxygen atoms in total. The van der Waals surface area contributed by atoms with Gasteiger partial charge >= 0.3 is 0 Å². The molecule has 0 aromatic heterocycles. The molecule has 0 aliphatic heterocycles. The molecule has 0 saturated carbocycles. The molecule has 0 saturated heterocycles. The minimum Gasteiger partial charge on any atom is -0.310 e. The van der Waals surface area contributed by atoms with Gasteiger partial charge in [0.05, 0.1) is 4.47 Å². The van der Waals surface area contributed by atoms with E-state index in [0.29, 0.717) is 23.0 Å². The minimum atomic E-state index is -0.195. The molecule has 17 heavy (non-hydrogen) atoms. The summed E-state index contributed by atoms with van der Waals surface area (Å²) in [6, 6.07) is 5.62. The van der Waals surface area contributed by atoms with Gasteiger partial charge < -0.3 is 5.32 Å². The van der Waals surface area contributed by atoms with E-state index < -0.39 is 0 Å². The second-order valence-corrected chi connectivity index (χ2v) is 5.25. The molecule has 0 amide bonds. The maximum absolute atomic E-state index is 13.3. The summed E-state index contributed by atoms with van der Waals surface area (Å²) in [6.07, 6.45) is 2.35. The van der Waals surface area contributed by atoms with E-state index in [1.165, 1.54) is 18.9 Å². The molecule has 1 aromatic rings. The molecule has 96 valence electrons. The standard InChI is InChI=1S/C14H21BrFN/c1-4-11(5-2)10(3)17-9-12-7-6-8-13(16)14(12)15/h6-8,10-11,17H,4-5,9H2,1-3H3. The lowest BCUT2D eigenvalue weighted by molar-refractivity contribution is 0.352. The van der Waals surface area contributed by atoms with Gasteiger partial charge in [-0.2, -0.15) is 0 Å². The highest BCUT2D eigenvalue weighted by atomic mass is 79.9. The minimum absolute atomic E-state index is 0.195. The van der Waals surface area contributed by atoms with Crippen molar-refractivity contribution < 1.29 is 4.39 Å². The van der Waals surface area contributed by atoms with Gasteiger partial charge in [0, 0.05) is 12.6 Å². The molecule has 1 N–H and O–H groups in total. The van der Waals surface area contributed by atoms with Crippen LogP contribution in [0.3, 0.4) is 0 Å². The lowest BCUT2D eigenvalue weighted by atomic mass is 9.95. The van der Waals surface area contributed by atoms with Crippen molar-refractivity contribution in [3.05, 3.63) is 34.1 Å². The Balaban J connectivity index is 2.58. The molecular formula is C14H21BrFN. The molecule has 0 spiro atoms. The highest BCUT2D eigenvalue weighted by Crippen LogP contribution is 2.21. The number of benzene rings is 1. The SMILES string of the molecule is CCC(CC)C(C)NCc1cccc(F)c1Br. The third-order valence-corrected chi connectivity index (χ3v) is 4.29. The number of hydrogen-bond acceptors (Lipinski definition) is 1. The highest BCUT2D eigenvalue weighted by molar-refractivity contribution is 9.10. The first-order valence-electron chi connectivity index (χ1n) is 6.26. The summed E-state index contributed by atoms with van der Waals surface area (Å²) in [5.41, 5.74) is 0.975. The summed E-state index contributed by atoms with van der Waals surface area (Å²) in [4.78, 5) is 0. The molecular weight excluding hydrogens is 281 g/mol. The second-order valence-electron chi connectivity index (χ2n) is 4.46. The van der Waals surface area contributed by atoms with Crippen molar-refractivity contribution in [2.24, 2.45) is 5.92 Å². The Morgan fingerprint density at radius 3 is 2.53 bits per heavy atom. The summed E-state index contributed by atoms with van der Waals surface area (Å²) < 4.78 is 13.9. The average Bonchev–Trinajstić information content (AvgIpc) is 2.32. The van der Waals surface area contributed by atoms with Crippen molar-refractivity contribution in [3.8, 4) is 0 Å². The highest BCUT2D eigenvalue weighted by Gasteiger charge is 2.13. The van der Waals surface area contributed by atoms with Crippen LogP contribution in [0.25, 0.3) is 0 Å². The van der Waals surface area contributed by atoms with Crippen LogP contribution < -0.4 is 5.32 Å². The number of rotatable bonds is 6. The van der Waals surface area contributed by atoms with E-state index in [-0.39, 0.29) is 5.82 Å². The van der Waals surface area contributed by atoms with Gasteiger partial charge in [-0.3, -0.25) is 0 Å². The summed E-state index contributed by atoms with van der Waals surface area (Å²) in [5, 5.41) is 3.47. The van der Waals surface area contributed by atoms with Crippen molar-refractivity contribution in [1.82, 2.24) is 5.32 Å². The lowest BCUT2D eigenvalue weighted by Gasteiger charge is -2.22. The van der Waals surface area contributed by atoms with Gasteiger partial charge in [0.15, 0.2) is 0 Å². The van der Waals surface area contributed by atoms with Gasteiger partial charge in [-0.1, -0.05) is 38.8 Å². The molecule has 1 atom stereocenters. The van der Waals surface area contributed by atoms with Crippen molar-refractivity contribution in [1.29, 1.82) is 0 Å². The second kappa shape index (κ2) is 7.12. The quantitative estimate of drug-likeness (QED) is 0.815. The van der Waals surface area contributed by atoms with Crippen LogP contribution in [0, 0.1) is 11.7 Å². The molecule has 0 fully saturated rings. The fraction of sp³-hybridized carbons (Fsp3) is 0.571. The molecule has 0 heterocycles. The van der Waals surface area contributed by atoms with Crippen LogP contribution in [0.2, 0.25) is 0 Å². The van der Waals surface area contributed by atoms with E-state index in [2.05, 4.69) is 42.0 Å². The summed E-state index contributed by atoms with van der Waals surface area (Å²) in [6.45, 7) is 7.33. The molecule has 1 unspecified atom stereocenters. The zero-order chi connectivity index (χ0) is 12.8. The Hall–Kier alpha value is -0.410. The normalized spacial score (nSPS) is 13.1. The van der Waals surface area contributed by atoms with Crippen LogP contribution in [0.4, 0.5) is 4.39 Å². The molecule has 1 rings (SSSR count). The largest absolute Gasteiger partial charge is 0.310 e. The van der Waals surface area contributed by atoms with Crippen LogP contribution in [-0.4, -0.2) is 6.04 Å². The van der Waals surface area contributed by atoms with Gasteiger partial charge in [0.25, 0.3) is 0 Å². The van der Waals surface area contributed by atoms with E-state index in [0.717, 1.165) is 5.56 Å². The molecule has 0 radical (unpaired) electrons. The Kier molecular flexibility index (Phi) is 6.14. The maximum atomic E-state index is 13.3. The van der Waals surface area contributed by atoms with E-state index in [1.807, 2.05) is 6.07 Å². The van der Waals surface area contributed by atoms with Gasteiger partial charge in [0.2, 0.25) is 0 Å². The van der Waals surface area contributed by atoms with Crippen molar-refractivity contribution >= 4 is 15.9 Å². The first-order chi connectivity index (χ1) is 8.10. The van der Waals surface area contributed by atoms with Crippen molar-refractivity contribution in [2.75, 3.05) is 0 Å². The average molecular weight is 302 g/mol. The number of hydrogen-bond donors (Lipinski definition) is 1. The topological polar surface area (TPSA) is 12.0 Å². The van der Waals surface area contributed by atoms with Gasteiger partial charge in [0.1, 0.15) is 5.82 Å². The summed E-state index contributed by atoms with van der Waals surface area (Å²) in [7, 11) is 0. The number of halogens is 2. The predicted octanol–water partition coefficient (Wildman–Crippen LogP) is 4.50. The van der Waals surface area contributed by atoms with Crippen molar-refractivity contribution in [3.63, 3.8) is 0 Å². The molecule has 0 aliphatic rings. The van der Waals surface area contributed by atoms with Gasteiger partial charge in [-0.25, -0.2) is 4.39 Å². The smallest absolute Gasteiger partial charge is 0.137 e. The Morgan fingerprint density at radius 1 is 1.29 bits per heavy atom. The van der Waals surface area contributed by atoms with E-state index in [1.54, 1.807) is 6.07 Å². The fourth-order valence-corrected chi connectivity index (χ4v) is 2.52. The third-order valence-electron chi connectivity index (χ3n) is 3.40. The monoisotopic (exact) mass is 301 g/mol. The maximum Gasteiger partial charge on any atom is 0.137 e.